The summed E-state index contributed by atoms with van der Waals surface area (Å²) in [7, 11) is 0. The Morgan fingerprint density at radius 1 is 1.25 bits per heavy atom. The second-order valence-electron chi connectivity index (χ2n) is 4.67. The van der Waals surface area contributed by atoms with Gasteiger partial charge in [0.25, 0.3) is 0 Å². The average Bonchev–Trinajstić information content (AvgIpc) is 2.29. The van der Waals surface area contributed by atoms with Crippen LogP contribution >= 0.6 is 0 Å². The standard InChI is InChI=1S/C13H24O3/c1-4-15-10-12(14)13(16-5-2)8-6-11(3)7-9-13/h11H,4-10H2,1-3H3. The summed E-state index contributed by atoms with van der Waals surface area (Å²) in [5.41, 5.74) is -0.545. The molecule has 0 aromatic rings. The number of carbonyl (C=O) groups is 1. The first-order chi connectivity index (χ1) is 7.64. The van der Waals surface area contributed by atoms with Crippen molar-refractivity contribution in [1.82, 2.24) is 0 Å². The number of Topliss-reactive ketones (excluding diaryl/α,β-unsaturated/α-hetero) is 1. The van der Waals surface area contributed by atoms with E-state index in [-0.39, 0.29) is 12.4 Å². The van der Waals surface area contributed by atoms with E-state index >= 15 is 0 Å². The van der Waals surface area contributed by atoms with Crippen molar-refractivity contribution in [3.8, 4) is 0 Å². The monoisotopic (exact) mass is 228 g/mol. The lowest BCUT2D eigenvalue weighted by molar-refractivity contribution is -0.154. The Bertz CT molecular complexity index is 217. The van der Waals surface area contributed by atoms with Crippen LogP contribution in [0.1, 0.15) is 46.5 Å². The van der Waals surface area contributed by atoms with Crippen LogP contribution in [0.4, 0.5) is 0 Å². The van der Waals surface area contributed by atoms with Gasteiger partial charge >= 0.3 is 0 Å². The highest BCUT2D eigenvalue weighted by atomic mass is 16.5. The van der Waals surface area contributed by atoms with Crippen molar-refractivity contribution in [2.75, 3.05) is 19.8 Å². The summed E-state index contributed by atoms with van der Waals surface area (Å²) in [5.74, 6) is 0.844. The van der Waals surface area contributed by atoms with Gasteiger partial charge in [0.05, 0.1) is 0 Å². The zero-order chi connectivity index (χ0) is 12.0. The van der Waals surface area contributed by atoms with Crippen molar-refractivity contribution in [2.45, 2.75) is 52.1 Å². The van der Waals surface area contributed by atoms with Crippen LogP contribution in [0.2, 0.25) is 0 Å². The van der Waals surface area contributed by atoms with E-state index in [0.29, 0.717) is 19.1 Å². The summed E-state index contributed by atoms with van der Waals surface area (Å²) in [6.07, 6.45) is 3.87. The molecule has 0 aliphatic heterocycles. The van der Waals surface area contributed by atoms with Crippen LogP contribution in [0.5, 0.6) is 0 Å². The summed E-state index contributed by atoms with van der Waals surface area (Å²) in [6, 6.07) is 0. The van der Waals surface area contributed by atoms with Gasteiger partial charge in [-0.1, -0.05) is 6.92 Å². The van der Waals surface area contributed by atoms with E-state index in [9.17, 15) is 4.79 Å². The fourth-order valence-corrected chi connectivity index (χ4v) is 2.33. The topological polar surface area (TPSA) is 35.5 Å². The van der Waals surface area contributed by atoms with Gasteiger partial charge in [0.2, 0.25) is 0 Å². The van der Waals surface area contributed by atoms with E-state index in [1.165, 1.54) is 0 Å². The minimum Gasteiger partial charge on any atom is -0.374 e. The molecular formula is C13H24O3. The van der Waals surface area contributed by atoms with Crippen molar-refractivity contribution >= 4 is 5.78 Å². The van der Waals surface area contributed by atoms with E-state index in [1.54, 1.807) is 0 Å². The fourth-order valence-electron chi connectivity index (χ4n) is 2.33. The molecule has 0 aromatic heterocycles. The third-order valence-electron chi connectivity index (χ3n) is 3.45. The van der Waals surface area contributed by atoms with Gasteiger partial charge in [-0.05, 0) is 45.4 Å². The van der Waals surface area contributed by atoms with E-state index in [4.69, 9.17) is 9.47 Å². The third kappa shape index (κ3) is 3.29. The Balaban J connectivity index is 2.61. The number of ketones is 1. The number of hydrogen-bond donors (Lipinski definition) is 0. The minimum atomic E-state index is -0.545. The predicted octanol–water partition coefficient (Wildman–Crippen LogP) is 2.58. The minimum absolute atomic E-state index is 0.128. The molecule has 1 fully saturated rings. The number of hydrogen-bond acceptors (Lipinski definition) is 3. The molecular weight excluding hydrogens is 204 g/mol. The van der Waals surface area contributed by atoms with E-state index in [0.717, 1.165) is 25.7 Å². The molecule has 0 heterocycles. The van der Waals surface area contributed by atoms with Gasteiger partial charge < -0.3 is 9.47 Å². The Morgan fingerprint density at radius 3 is 2.38 bits per heavy atom. The maximum absolute atomic E-state index is 12.1. The second-order valence-corrected chi connectivity index (χ2v) is 4.67. The SMILES string of the molecule is CCOCC(=O)C1(OCC)CCC(C)CC1. The van der Waals surface area contributed by atoms with E-state index < -0.39 is 5.60 Å². The molecule has 1 aliphatic carbocycles. The first-order valence-corrected chi connectivity index (χ1v) is 6.39. The van der Waals surface area contributed by atoms with Crippen LogP contribution in [-0.2, 0) is 14.3 Å². The molecule has 1 aliphatic rings. The predicted molar refractivity (Wildman–Crippen MR) is 63.5 cm³/mol. The van der Waals surface area contributed by atoms with Gasteiger partial charge in [-0.25, -0.2) is 0 Å². The highest BCUT2D eigenvalue weighted by Gasteiger charge is 2.41. The summed E-state index contributed by atoms with van der Waals surface area (Å²) >= 11 is 0. The molecule has 0 amide bonds. The van der Waals surface area contributed by atoms with Gasteiger partial charge in [-0.3, -0.25) is 4.79 Å². The van der Waals surface area contributed by atoms with Crippen LogP contribution in [0.15, 0.2) is 0 Å². The molecule has 0 aromatic carbocycles. The summed E-state index contributed by atoms with van der Waals surface area (Å²) in [5, 5.41) is 0. The highest BCUT2D eigenvalue weighted by molar-refractivity contribution is 5.88. The Kier molecular flexibility index (Phi) is 5.42. The third-order valence-corrected chi connectivity index (χ3v) is 3.45. The zero-order valence-electron chi connectivity index (χ0n) is 10.8. The largest absolute Gasteiger partial charge is 0.374 e. The number of rotatable bonds is 6. The molecule has 16 heavy (non-hydrogen) atoms. The van der Waals surface area contributed by atoms with Gasteiger partial charge in [-0.2, -0.15) is 0 Å². The smallest absolute Gasteiger partial charge is 0.190 e. The fraction of sp³-hybridized carbons (Fsp3) is 0.923. The van der Waals surface area contributed by atoms with Crippen LogP contribution in [0, 0.1) is 5.92 Å². The maximum atomic E-state index is 12.1. The lowest BCUT2D eigenvalue weighted by Gasteiger charge is -2.37. The van der Waals surface area contributed by atoms with E-state index in [2.05, 4.69) is 6.92 Å². The molecule has 1 saturated carbocycles. The molecule has 0 bridgehead atoms. The van der Waals surface area contributed by atoms with Crippen molar-refractivity contribution in [1.29, 1.82) is 0 Å². The number of carbonyl (C=O) groups excluding carboxylic acids is 1. The average molecular weight is 228 g/mol. The van der Waals surface area contributed by atoms with Crippen LogP contribution < -0.4 is 0 Å². The number of ether oxygens (including phenoxy) is 2. The molecule has 0 radical (unpaired) electrons. The molecule has 0 saturated heterocycles. The first kappa shape index (κ1) is 13.7. The Hall–Kier alpha value is -0.410. The highest BCUT2D eigenvalue weighted by Crippen LogP contribution is 2.35. The quantitative estimate of drug-likeness (QED) is 0.701. The summed E-state index contributed by atoms with van der Waals surface area (Å²) in [6.45, 7) is 7.49. The molecule has 0 atom stereocenters. The molecule has 0 N–H and O–H groups in total. The van der Waals surface area contributed by atoms with Crippen molar-refractivity contribution in [3.63, 3.8) is 0 Å². The molecule has 3 nitrogen and oxygen atoms in total. The van der Waals surface area contributed by atoms with Gasteiger partial charge in [0.15, 0.2) is 5.78 Å². The van der Waals surface area contributed by atoms with Crippen LogP contribution in [0.25, 0.3) is 0 Å². The molecule has 3 heteroatoms. The normalized spacial score (nSPS) is 30.3. The molecule has 0 spiro atoms. The van der Waals surface area contributed by atoms with Crippen molar-refractivity contribution in [2.24, 2.45) is 5.92 Å². The lowest BCUT2D eigenvalue weighted by Crippen LogP contribution is -2.46. The van der Waals surface area contributed by atoms with Crippen LogP contribution in [-0.4, -0.2) is 31.2 Å². The van der Waals surface area contributed by atoms with Crippen molar-refractivity contribution in [3.05, 3.63) is 0 Å². The Labute approximate surface area is 98.5 Å². The lowest BCUT2D eigenvalue weighted by atomic mass is 9.77. The molecule has 0 unspecified atom stereocenters. The Morgan fingerprint density at radius 2 is 1.88 bits per heavy atom. The van der Waals surface area contributed by atoms with Crippen molar-refractivity contribution < 1.29 is 14.3 Å². The maximum Gasteiger partial charge on any atom is 0.190 e. The molecule has 1 rings (SSSR count). The van der Waals surface area contributed by atoms with Gasteiger partial charge in [0.1, 0.15) is 12.2 Å². The molecule has 94 valence electrons. The summed E-state index contributed by atoms with van der Waals surface area (Å²) in [4.78, 5) is 12.1. The van der Waals surface area contributed by atoms with Gasteiger partial charge in [-0.15, -0.1) is 0 Å². The zero-order valence-corrected chi connectivity index (χ0v) is 10.8. The second kappa shape index (κ2) is 6.36. The van der Waals surface area contributed by atoms with E-state index in [1.807, 2.05) is 13.8 Å². The van der Waals surface area contributed by atoms with Crippen LogP contribution in [0.3, 0.4) is 0 Å². The first-order valence-electron chi connectivity index (χ1n) is 6.39. The van der Waals surface area contributed by atoms with Gasteiger partial charge in [0, 0.05) is 13.2 Å². The summed E-state index contributed by atoms with van der Waals surface area (Å²) < 4.78 is 11.0.